The molecule has 1 atom stereocenters. The first-order valence-corrected chi connectivity index (χ1v) is 6.68. The Morgan fingerprint density at radius 2 is 2.15 bits per heavy atom. The second kappa shape index (κ2) is 5.98. The van der Waals surface area contributed by atoms with E-state index < -0.39 is 18.0 Å². The molecule has 1 heterocycles. The molecule has 0 bridgehead atoms. The molecule has 106 valence electrons. The highest BCUT2D eigenvalue weighted by Gasteiger charge is 2.15. The first kappa shape index (κ1) is 14.4. The van der Waals surface area contributed by atoms with Gasteiger partial charge >= 0.3 is 5.97 Å². The van der Waals surface area contributed by atoms with Gasteiger partial charge in [-0.2, -0.15) is 0 Å². The Morgan fingerprint density at radius 1 is 1.40 bits per heavy atom. The summed E-state index contributed by atoms with van der Waals surface area (Å²) in [5, 5.41) is 20.4. The molecule has 0 aliphatic carbocycles. The first-order valence-electron chi connectivity index (χ1n) is 5.86. The fourth-order valence-electron chi connectivity index (χ4n) is 1.67. The van der Waals surface area contributed by atoms with E-state index in [9.17, 15) is 14.0 Å². The Kier molecular flexibility index (Phi) is 4.31. The molecule has 0 spiro atoms. The lowest BCUT2D eigenvalue weighted by Crippen LogP contribution is -2.29. The number of aliphatic hydroxyl groups excluding tert-OH is 1. The molecule has 5 nitrogen and oxygen atoms in total. The van der Waals surface area contributed by atoms with E-state index in [1.807, 2.05) is 0 Å². The van der Waals surface area contributed by atoms with E-state index in [2.05, 4.69) is 5.32 Å². The monoisotopic (exact) mass is 297 g/mol. The van der Waals surface area contributed by atoms with Gasteiger partial charge in [-0.05, 0) is 18.2 Å². The van der Waals surface area contributed by atoms with Crippen LogP contribution in [-0.2, 0) is 4.79 Å². The van der Waals surface area contributed by atoms with E-state index in [1.165, 1.54) is 12.1 Å². The molecule has 0 fully saturated rings. The van der Waals surface area contributed by atoms with Gasteiger partial charge in [0.25, 0.3) is 5.91 Å². The number of hydrogen-bond donors (Lipinski definition) is 3. The average molecular weight is 297 g/mol. The third kappa shape index (κ3) is 3.12. The molecule has 0 radical (unpaired) electrons. The summed E-state index contributed by atoms with van der Waals surface area (Å²) in [4.78, 5) is 22.6. The third-order valence-corrected chi connectivity index (χ3v) is 3.82. The van der Waals surface area contributed by atoms with Crippen molar-refractivity contribution in [3.63, 3.8) is 0 Å². The Bertz CT molecular complexity index is 655. The zero-order valence-electron chi connectivity index (χ0n) is 10.3. The van der Waals surface area contributed by atoms with Crippen LogP contribution in [0.1, 0.15) is 16.1 Å². The summed E-state index contributed by atoms with van der Waals surface area (Å²) in [5.41, 5.74) is 0. The highest BCUT2D eigenvalue weighted by atomic mass is 32.1. The highest BCUT2D eigenvalue weighted by molar-refractivity contribution is 7.20. The predicted molar refractivity (Wildman–Crippen MR) is 72.4 cm³/mol. The summed E-state index contributed by atoms with van der Waals surface area (Å²) in [6.45, 7) is 0.0308. The topological polar surface area (TPSA) is 86.6 Å². The lowest BCUT2D eigenvalue weighted by atomic mass is 10.2. The van der Waals surface area contributed by atoms with Crippen molar-refractivity contribution >= 4 is 33.3 Å². The predicted octanol–water partition coefficient (Wildman–Crippen LogP) is 1.61. The minimum atomic E-state index is -1.50. The Balaban J connectivity index is 2.01. The van der Waals surface area contributed by atoms with Crippen LogP contribution in [0.3, 0.4) is 0 Å². The number of amides is 1. The quantitative estimate of drug-likeness (QED) is 0.782. The summed E-state index contributed by atoms with van der Waals surface area (Å²) in [6.07, 6.45) is -1.59. The van der Waals surface area contributed by atoms with Crippen LogP contribution in [0.5, 0.6) is 0 Å². The number of carbonyl (C=O) groups is 2. The van der Waals surface area contributed by atoms with Gasteiger partial charge in [-0.25, -0.2) is 9.18 Å². The van der Waals surface area contributed by atoms with Crippen molar-refractivity contribution in [3.05, 3.63) is 35.0 Å². The summed E-state index contributed by atoms with van der Waals surface area (Å²) < 4.78 is 14.2. The number of nitrogens with one attached hydrogen (secondary N) is 1. The number of hydrogen-bond acceptors (Lipinski definition) is 4. The Hall–Kier alpha value is -1.99. The van der Waals surface area contributed by atoms with Gasteiger partial charge in [0.1, 0.15) is 5.82 Å². The zero-order valence-corrected chi connectivity index (χ0v) is 11.1. The fourth-order valence-corrected chi connectivity index (χ4v) is 2.66. The van der Waals surface area contributed by atoms with Crippen LogP contribution in [0.2, 0.25) is 0 Å². The molecule has 0 saturated carbocycles. The molecular weight excluding hydrogens is 285 g/mol. The van der Waals surface area contributed by atoms with Gasteiger partial charge in [0, 0.05) is 23.1 Å². The van der Waals surface area contributed by atoms with E-state index in [0.717, 1.165) is 11.3 Å². The lowest BCUT2D eigenvalue weighted by molar-refractivity contribution is -0.146. The van der Waals surface area contributed by atoms with Crippen LogP contribution >= 0.6 is 11.3 Å². The largest absolute Gasteiger partial charge is 0.479 e. The standard InChI is InChI=1S/C13H12FNO4S/c14-8-2-1-3-10-7(8)6-11(20-10)12(17)15-5-4-9(16)13(18)19/h1-3,6,9,16H,4-5H2,(H,15,17)(H,18,19). The van der Waals surface area contributed by atoms with Crippen LogP contribution in [0.25, 0.3) is 10.1 Å². The maximum atomic E-state index is 13.5. The van der Waals surface area contributed by atoms with Gasteiger partial charge in [0.05, 0.1) is 4.88 Å². The molecule has 0 aliphatic heterocycles. The normalized spacial score (nSPS) is 12.3. The molecule has 1 aromatic heterocycles. The van der Waals surface area contributed by atoms with Crippen molar-refractivity contribution in [2.75, 3.05) is 6.54 Å². The molecule has 1 aromatic carbocycles. The summed E-state index contributed by atoms with van der Waals surface area (Å²) in [6, 6.07) is 6.06. The zero-order chi connectivity index (χ0) is 14.7. The number of thiophene rings is 1. The van der Waals surface area contributed by atoms with Crippen LogP contribution in [-0.4, -0.2) is 34.7 Å². The number of halogens is 1. The Labute approximate surface area is 117 Å². The van der Waals surface area contributed by atoms with Gasteiger partial charge in [0.2, 0.25) is 0 Å². The van der Waals surface area contributed by atoms with Crippen molar-refractivity contribution in [3.8, 4) is 0 Å². The van der Waals surface area contributed by atoms with Crippen LogP contribution in [0.4, 0.5) is 4.39 Å². The molecule has 2 aromatic rings. The number of carboxylic acid groups (broad SMARTS) is 1. The number of aliphatic hydroxyl groups is 1. The second-order valence-corrected chi connectivity index (χ2v) is 5.24. The van der Waals surface area contributed by atoms with Crippen molar-refractivity contribution in [1.29, 1.82) is 0 Å². The maximum Gasteiger partial charge on any atom is 0.332 e. The molecule has 1 unspecified atom stereocenters. The second-order valence-electron chi connectivity index (χ2n) is 4.16. The van der Waals surface area contributed by atoms with Crippen molar-refractivity contribution in [1.82, 2.24) is 5.32 Å². The van der Waals surface area contributed by atoms with Gasteiger partial charge in [-0.3, -0.25) is 4.79 Å². The van der Waals surface area contributed by atoms with Gasteiger partial charge in [0.15, 0.2) is 6.10 Å². The van der Waals surface area contributed by atoms with E-state index >= 15 is 0 Å². The number of aliphatic carboxylic acids is 1. The molecule has 0 saturated heterocycles. The number of carbonyl (C=O) groups excluding carboxylic acids is 1. The van der Waals surface area contributed by atoms with E-state index in [1.54, 1.807) is 12.1 Å². The lowest BCUT2D eigenvalue weighted by Gasteiger charge is -2.06. The van der Waals surface area contributed by atoms with Crippen LogP contribution in [0.15, 0.2) is 24.3 Å². The van der Waals surface area contributed by atoms with Gasteiger partial charge < -0.3 is 15.5 Å². The summed E-state index contributed by atoms with van der Waals surface area (Å²) in [5.74, 6) is -2.13. The minimum absolute atomic E-state index is 0.0308. The van der Waals surface area contributed by atoms with Crippen LogP contribution < -0.4 is 5.32 Å². The van der Waals surface area contributed by atoms with Gasteiger partial charge in [-0.1, -0.05) is 6.07 Å². The Morgan fingerprint density at radius 3 is 2.80 bits per heavy atom. The average Bonchev–Trinajstić information content (AvgIpc) is 2.84. The SMILES string of the molecule is O=C(NCCC(O)C(=O)O)c1cc2c(F)cccc2s1. The van der Waals surface area contributed by atoms with Crippen LogP contribution in [0, 0.1) is 5.82 Å². The summed E-state index contributed by atoms with van der Waals surface area (Å²) in [7, 11) is 0. The summed E-state index contributed by atoms with van der Waals surface area (Å²) >= 11 is 1.15. The molecule has 7 heteroatoms. The molecular formula is C13H12FNO4S. The van der Waals surface area contributed by atoms with Crippen molar-refractivity contribution in [2.45, 2.75) is 12.5 Å². The first-order chi connectivity index (χ1) is 9.49. The fraction of sp³-hybridized carbons (Fsp3) is 0.231. The molecule has 0 aliphatic rings. The number of benzene rings is 1. The highest BCUT2D eigenvalue weighted by Crippen LogP contribution is 2.27. The number of rotatable bonds is 5. The van der Waals surface area contributed by atoms with Gasteiger partial charge in [-0.15, -0.1) is 11.3 Å². The van der Waals surface area contributed by atoms with E-state index in [0.29, 0.717) is 15.0 Å². The third-order valence-electron chi connectivity index (χ3n) is 2.72. The molecule has 20 heavy (non-hydrogen) atoms. The number of fused-ring (bicyclic) bond motifs is 1. The van der Waals surface area contributed by atoms with E-state index in [4.69, 9.17) is 10.2 Å². The molecule has 1 amide bonds. The molecule has 2 rings (SSSR count). The molecule has 3 N–H and O–H groups in total. The smallest absolute Gasteiger partial charge is 0.332 e. The number of carboxylic acids is 1. The maximum absolute atomic E-state index is 13.5. The van der Waals surface area contributed by atoms with Crippen molar-refractivity contribution in [2.24, 2.45) is 0 Å². The van der Waals surface area contributed by atoms with Crippen molar-refractivity contribution < 1.29 is 24.2 Å². The van der Waals surface area contributed by atoms with E-state index in [-0.39, 0.29) is 18.8 Å². The minimum Gasteiger partial charge on any atom is -0.479 e.